The van der Waals surface area contributed by atoms with Crippen molar-refractivity contribution in [2.75, 3.05) is 20.8 Å². The minimum atomic E-state index is -3.31. The molecule has 2 aliphatic heterocycles. The van der Waals surface area contributed by atoms with Crippen LogP contribution in [0.25, 0.3) is 44.5 Å². The van der Waals surface area contributed by atoms with Gasteiger partial charge in [0.2, 0.25) is 11.8 Å². The van der Waals surface area contributed by atoms with Crippen LogP contribution in [0.15, 0.2) is 60.8 Å². The van der Waals surface area contributed by atoms with Gasteiger partial charge in [-0.15, -0.1) is 0 Å². The number of amides is 4. The summed E-state index contributed by atoms with van der Waals surface area (Å²) in [5.41, 5.74) is 4.36. The zero-order valence-corrected chi connectivity index (χ0v) is 37.1. The van der Waals surface area contributed by atoms with Gasteiger partial charge in [0.05, 0.1) is 49.1 Å². The molecule has 2 saturated heterocycles. The third-order valence-electron chi connectivity index (χ3n) is 14.6. The maximum absolute atomic E-state index is 16.7. The molecule has 10 rings (SSSR count). The lowest BCUT2D eigenvalue weighted by Gasteiger charge is -2.36. The molecule has 0 unspecified atom stereocenters. The average molecular weight is 900 g/mol. The first-order valence-corrected chi connectivity index (χ1v) is 22.6. The van der Waals surface area contributed by atoms with E-state index in [0.29, 0.717) is 69.2 Å². The summed E-state index contributed by atoms with van der Waals surface area (Å²) < 4.78 is 42.9. The lowest BCUT2D eigenvalue weighted by atomic mass is 9.97. The Kier molecular flexibility index (Phi) is 10.6. The van der Waals surface area contributed by atoms with Gasteiger partial charge in [0.1, 0.15) is 23.7 Å². The zero-order chi connectivity index (χ0) is 46.2. The number of halogens is 2. The Morgan fingerprint density at radius 1 is 0.894 bits per heavy atom. The van der Waals surface area contributed by atoms with E-state index >= 15 is 8.78 Å². The quantitative estimate of drug-likeness (QED) is 0.101. The fourth-order valence-electron chi connectivity index (χ4n) is 11.0. The number of imidazole rings is 2. The predicted molar refractivity (Wildman–Crippen MR) is 237 cm³/mol. The van der Waals surface area contributed by atoms with E-state index in [1.807, 2.05) is 43.0 Å². The van der Waals surface area contributed by atoms with Gasteiger partial charge in [-0.1, -0.05) is 44.2 Å². The number of aromatic amines is 2. The minimum Gasteiger partial charge on any atom is -0.453 e. The number of alkyl carbamates (subject to hydrolysis) is 2. The molecular weight excluding hydrogens is 849 g/mol. The van der Waals surface area contributed by atoms with E-state index in [0.717, 1.165) is 32.1 Å². The first-order valence-electron chi connectivity index (χ1n) is 22.6. The maximum atomic E-state index is 16.7. The zero-order valence-electron chi connectivity index (χ0n) is 37.1. The second-order valence-corrected chi connectivity index (χ2v) is 19.0. The molecule has 66 heavy (non-hydrogen) atoms. The minimum absolute atomic E-state index is 0.00300. The highest BCUT2D eigenvalue weighted by molar-refractivity contribution is 5.89. The Hall–Kier alpha value is -6.83. The Morgan fingerprint density at radius 3 is 2.27 bits per heavy atom. The number of aromatic nitrogens is 4. The molecular formula is C49H51F2N9O6. The van der Waals surface area contributed by atoms with E-state index in [1.54, 1.807) is 35.4 Å². The molecule has 15 nitrogen and oxygen atoms in total. The number of piperidine rings is 1. The number of H-pyrrole nitrogens is 2. The molecule has 3 aliphatic carbocycles. The van der Waals surface area contributed by atoms with Gasteiger partial charge in [-0.25, -0.2) is 19.6 Å². The van der Waals surface area contributed by atoms with Crippen LogP contribution in [0.5, 0.6) is 0 Å². The second-order valence-electron chi connectivity index (χ2n) is 19.0. The molecule has 0 radical (unpaired) electrons. The van der Waals surface area contributed by atoms with Gasteiger partial charge in [0.25, 0.3) is 5.92 Å². The maximum Gasteiger partial charge on any atom is 0.407 e. The summed E-state index contributed by atoms with van der Waals surface area (Å²) in [7, 11) is 2.49. The third kappa shape index (κ3) is 7.30. The molecule has 2 aromatic heterocycles. The number of nitrogens with zero attached hydrogens (tertiary/aromatic N) is 5. The van der Waals surface area contributed by atoms with E-state index in [-0.39, 0.29) is 71.2 Å². The van der Waals surface area contributed by atoms with Crippen molar-refractivity contribution in [2.45, 2.75) is 101 Å². The van der Waals surface area contributed by atoms with E-state index in [2.05, 4.69) is 26.7 Å². The molecule has 5 aromatic rings. The summed E-state index contributed by atoms with van der Waals surface area (Å²) in [4.78, 5) is 72.4. The van der Waals surface area contributed by atoms with Crippen LogP contribution in [0.4, 0.5) is 18.4 Å². The highest BCUT2D eigenvalue weighted by atomic mass is 19.3. The largest absolute Gasteiger partial charge is 0.453 e. The molecule has 342 valence electrons. The van der Waals surface area contributed by atoms with Crippen molar-refractivity contribution in [3.05, 3.63) is 83.6 Å². The van der Waals surface area contributed by atoms with E-state index in [4.69, 9.17) is 19.4 Å². The number of nitriles is 1. The number of ether oxygens (including phenoxy) is 2. The van der Waals surface area contributed by atoms with Gasteiger partial charge in [-0.2, -0.15) is 14.0 Å². The fourth-order valence-corrected chi connectivity index (χ4v) is 11.0. The third-order valence-corrected chi connectivity index (χ3v) is 14.6. The average Bonchev–Trinajstić information content (AvgIpc) is 3.98. The highest BCUT2D eigenvalue weighted by Crippen LogP contribution is 2.59. The normalized spacial score (nSPS) is 22.5. The van der Waals surface area contributed by atoms with Crippen molar-refractivity contribution >= 4 is 35.0 Å². The number of alkyl halides is 2. The number of methoxy groups -OCH3 is 2. The fraction of sp³-hybridized carbons (Fsp3) is 0.449. The Morgan fingerprint density at radius 2 is 1.58 bits per heavy atom. The molecule has 2 bridgehead atoms. The molecule has 4 N–H and O–H groups in total. The van der Waals surface area contributed by atoms with Crippen molar-refractivity contribution in [3.8, 4) is 39.6 Å². The number of hydrogen-bond acceptors (Lipinski definition) is 9. The van der Waals surface area contributed by atoms with Crippen LogP contribution in [0.1, 0.15) is 100 Å². The van der Waals surface area contributed by atoms with Crippen LogP contribution >= 0.6 is 0 Å². The first kappa shape index (κ1) is 43.1. The van der Waals surface area contributed by atoms with Gasteiger partial charge >= 0.3 is 12.2 Å². The number of nitrogens with one attached hydrogen (secondary N) is 4. The Balaban J connectivity index is 0.892. The van der Waals surface area contributed by atoms with Crippen molar-refractivity contribution in [2.24, 2.45) is 17.3 Å². The van der Waals surface area contributed by atoms with E-state index in [1.165, 1.54) is 20.3 Å². The first-order chi connectivity index (χ1) is 31.7. The van der Waals surface area contributed by atoms with Crippen molar-refractivity contribution in [1.82, 2.24) is 40.4 Å². The van der Waals surface area contributed by atoms with Gasteiger partial charge in [0, 0.05) is 41.9 Å². The highest BCUT2D eigenvalue weighted by Gasteiger charge is 2.56. The summed E-state index contributed by atoms with van der Waals surface area (Å²) in [5, 5.41) is 14.6. The Labute approximate surface area is 379 Å². The summed E-state index contributed by atoms with van der Waals surface area (Å²) in [6.07, 6.45) is 5.77. The Bertz CT molecular complexity index is 2830. The monoisotopic (exact) mass is 899 g/mol. The number of carbonyl (C=O) groups excluding carboxylic acids is 4. The molecule has 4 amide bonds. The van der Waals surface area contributed by atoms with Crippen LogP contribution in [0.2, 0.25) is 0 Å². The number of rotatable bonds is 11. The predicted octanol–water partition coefficient (Wildman–Crippen LogP) is 8.26. The van der Waals surface area contributed by atoms with Crippen LogP contribution < -0.4 is 10.6 Å². The molecule has 4 fully saturated rings. The van der Waals surface area contributed by atoms with Crippen molar-refractivity contribution in [3.63, 3.8) is 0 Å². The molecule has 3 aromatic carbocycles. The summed E-state index contributed by atoms with van der Waals surface area (Å²) in [6.45, 7) is 4.28. The topological polar surface area (TPSA) is 198 Å². The number of likely N-dealkylation sites (tertiary alicyclic amines) is 2. The number of carbonyl (C=O) groups is 4. The van der Waals surface area contributed by atoms with Crippen LogP contribution in [0, 0.1) is 28.6 Å². The number of benzene rings is 3. The second kappa shape index (κ2) is 16.2. The van der Waals surface area contributed by atoms with Crippen molar-refractivity contribution < 1.29 is 37.4 Å². The lowest BCUT2D eigenvalue weighted by Crippen LogP contribution is -2.51. The smallest absolute Gasteiger partial charge is 0.407 e. The molecule has 6 atom stereocenters. The van der Waals surface area contributed by atoms with Gasteiger partial charge in [-0.05, 0) is 109 Å². The van der Waals surface area contributed by atoms with Gasteiger partial charge in [0.15, 0.2) is 0 Å². The molecule has 2 saturated carbocycles. The molecule has 1 spiro atoms. The van der Waals surface area contributed by atoms with Crippen LogP contribution in [-0.4, -0.2) is 92.6 Å². The lowest BCUT2D eigenvalue weighted by molar-refractivity contribution is -0.138. The number of hydrogen-bond donors (Lipinski definition) is 4. The SMILES string of the molecule is COC(=O)N[C@@H](CCC#N)C(=O)N1[C@@H]2CC[C@@H](C2)[C@H]1c1nc2ccc(-c3ccc4c(c3)C(F)(F)c3cc(-c5c[nH]c([C@@H]6CC7(CC7)CN6C(=O)[C@@H](NC(=O)OC)C(C)C)n5)ccc3-4)cc2[nH]1. The van der Waals surface area contributed by atoms with E-state index in [9.17, 15) is 24.4 Å². The number of fused-ring (bicyclic) bond motifs is 6. The molecule has 17 heteroatoms. The molecule has 4 heterocycles. The molecule has 5 aliphatic rings. The van der Waals surface area contributed by atoms with Gasteiger partial charge in [-0.3, -0.25) is 9.59 Å². The summed E-state index contributed by atoms with van der Waals surface area (Å²) in [6, 6.07) is 15.3. The summed E-state index contributed by atoms with van der Waals surface area (Å²) >= 11 is 0. The van der Waals surface area contributed by atoms with Crippen LogP contribution in [0.3, 0.4) is 0 Å². The van der Waals surface area contributed by atoms with Gasteiger partial charge < -0.3 is 39.9 Å². The van der Waals surface area contributed by atoms with Crippen molar-refractivity contribution in [1.29, 1.82) is 5.26 Å². The van der Waals surface area contributed by atoms with Crippen LogP contribution in [-0.2, 0) is 25.0 Å². The summed E-state index contributed by atoms with van der Waals surface area (Å²) in [5.74, 6) is -2.64. The standard InChI is InChI=1S/C49H51F2N9O6/c1-25(2)40(58-47(64)66-4)45(62)59-24-48(15-16-48)22-39(59)42-53-23-38(56-42)28-9-13-32-31-12-8-26(19-33(31)49(50,51)34(32)20-28)27-10-14-35-37(21-27)55-43(54-35)41-29-7-11-30(18-29)60(41)44(61)36(6-5-17-52)57-46(63)65-3/h8-10,12-14,19-21,23,25,29-30,36,39-41H,5-7,11,15-16,18,22,24H2,1-4H3,(H,53,56)(H,54,55)(H,57,63)(H,58,64)/t29-,30+,36-,39-,40-,41-/m0/s1. The van der Waals surface area contributed by atoms with E-state index < -0.39 is 30.2 Å².